The van der Waals surface area contributed by atoms with Crippen LogP contribution in [0.1, 0.15) is 38.7 Å². The fourth-order valence-corrected chi connectivity index (χ4v) is 2.97. The average molecular weight is 402 g/mol. The molecule has 1 heterocycles. The number of rotatable bonds is 6. The van der Waals surface area contributed by atoms with Crippen LogP contribution < -0.4 is 10.6 Å². The van der Waals surface area contributed by atoms with Gasteiger partial charge in [-0.3, -0.25) is 0 Å². The van der Waals surface area contributed by atoms with Crippen molar-refractivity contribution in [2.75, 3.05) is 5.32 Å². The lowest BCUT2D eigenvalue weighted by Gasteiger charge is -2.14. The lowest BCUT2D eigenvalue weighted by atomic mass is 10.1. The van der Waals surface area contributed by atoms with Crippen molar-refractivity contribution in [3.63, 3.8) is 0 Å². The van der Waals surface area contributed by atoms with E-state index in [4.69, 9.17) is 4.74 Å². The van der Waals surface area contributed by atoms with Gasteiger partial charge in [-0.15, -0.1) is 12.6 Å². The molecule has 2 unspecified atom stereocenters. The lowest BCUT2D eigenvalue weighted by Crippen LogP contribution is -2.34. The number of nitrogens with one attached hydrogen (secondary N) is 2. The molecule has 0 radical (unpaired) electrons. The normalized spacial score (nSPS) is 17.0. The van der Waals surface area contributed by atoms with Gasteiger partial charge in [0, 0.05) is 28.9 Å². The first-order valence-corrected chi connectivity index (χ1v) is 9.65. The highest BCUT2D eigenvalue weighted by Gasteiger charge is 2.21. The van der Waals surface area contributed by atoms with Gasteiger partial charge in [0.2, 0.25) is 5.95 Å². The van der Waals surface area contributed by atoms with Gasteiger partial charge in [0.15, 0.2) is 0 Å². The number of hydrogen-bond acceptors (Lipinski definition) is 6. The highest BCUT2D eigenvalue weighted by Crippen LogP contribution is 2.29. The standard InChI is InChI=1S/C20H23FN4O2S/c1-3-12(2)24-20(26)27-15-5-4-13(8-15)14-10-22-19(23-11-14)25-18-7-6-16(28)9-17(18)21/h6-12,15,28H,3-5H2,1-2H3,(H,24,26)(H,22,23,25). The lowest BCUT2D eigenvalue weighted by molar-refractivity contribution is 0.116. The number of alkyl carbamates (subject to hydrolysis) is 1. The second-order valence-corrected chi connectivity index (χ2v) is 7.23. The van der Waals surface area contributed by atoms with Crippen LogP contribution >= 0.6 is 12.6 Å². The minimum absolute atomic E-state index is 0.0830. The van der Waals surface area contributed by atoms with Gasteiger partial charge in [0.25, 0.3) is 0 Å². The maximum Gasteiger partial charge on any atom is 0.407 e. The van der Waals surface area contributed by atoms with Gasteiger partial charge in [-0.25, -0.2) is 19.2 Å². The molecule has 2 N–H and O–H groups in total. The third-order valence-corrected chi connectivity index (χ3v) is 4.82. The summed E-state index contributed by atoms with van der Waals surface area (Å²) in [6, 6.07) is 4.67. The minimum atomic E-state index is -0.422. The summed E-state index contributed by atoms with van der Waals surface area (Å²) in [7, 11) is 0. The second-order valence-electron chi connectivity index (χ2n) is 6.71. The number of halogens is 1. The number of ether oxygens (including phenoxy) is 1. The monoisotopic (exact) mass is 402 g/mol. The summed E-state index contributed by atoms with van der Waals surface area (Å²) in [6.07, 6.45) is 6.96. The molecule has 0 bridgehead atoms. The van der Waals surface area contributed by atoms with Crippen LogP contribution in [-0.2, 0) is 4.74 Å². The van der Waals surface area contributed by atoms with Gasteiger partial charge in [0.1, 0.15) is 11.9 Å². The molecule has 1 amide bonds. The Bertz CT molecular complexity index is 873. The van der Waals surface area contributed by atoms with Crippen molar-refractivity contribution in [1.82, 2.24) is 15.3 Å². The number of aromatic nitrogens is 2. The van der Waals surface area contributed by atoms with Crippen LogP contribution in [0, 0.1) is 5.82 Å². The highest BCUT2D eigenvalue weighted by atomic mass is 32.1. The van der Waals surface area contributed by atoms with E-state index in [9.17, 15) is 9.18 Å². The smallest absolute Gasteiger partial charge is 0.407 e. The van der Waals surface area contributed by atoms with E-state index in [1.54, 1.807) is 24.5 Å². The molecule has 28 heavy (non-hydrogen) atoms. The summed E-state index contributed by atoms with van der Waals surface area (Å²) >= 11 is 4.10. The SMILES string of the molecule is CCC(C)NC(=O)OC1C=C(c2cnc(Nc3ccc(S)cc3F)nc2)CC1. The third-order valence-electron chi connectivity index (χ3n) is 4.54. The van der Waals surface area contributed by atoms with Crippen molar-refractivity contribution in [3.8, 4) is 0 Å². The van der Waals surface area contributed by atoms with E-state index in [1.807, 2.05) is 19.9 Å². The Hall–Kier alpha value is -2.61. The Balaban J connectivity index is 1.61. The van der Waals surface area contributed by atoms with Gasteiger partial charge in [-0.2, -0.15) is 0 Å². The summed E-state index contributed by atoms with van der Waals surface area (Å²) < 4.78 is 19.3. The molecule has 2 aromatic rings. The molecule has 3 rings (SSSR count). The molecule has 2 atom stereocenters. The van der Waals surface area contributed by atoms with E-state index in [1.165, 1.54) is 6.07 Å². The van der Waals surface area contributed by atoms with Crippen LogP contribution in [-0.4, -0.2) is 28.2 Å². The average Bonchev–Trinajstić information content (AvgIpc) is 3.12. The van der Waals surface area contributed by atoms with E-state index in [2.05, 4.69) is 33.2 Å². The first kappa shape index (κ1) is 20.1. The predicted molar refractivity (Wildman–Crippen MR) is 109 cm³/mol. The topological polar surface area (TPSA) is 76.1 Å². The molecule has 6 nitrogen and oxygen atoms in total. The number of allylic oxidation sites excluding steroid dienone is 1. The molecule has 0 saturated carbocycles. The number of carbonyl (C=O) groups is 1. The van der Waals surface area contributed by atoms with Crippen molar-refractivity contribution >= 4 is 35.9 Å². The molecule has 0 spiro atoms. The van der Waals surface area contributed by atoms with Crippen LogP contribution in [0.2, 0.25) is 0 Å². The molecular formula is C20H23FN4O2S. The van der Waals surface area contributed by atoms with Crippen LogP contribution in [0.4, 0.5) is 20.8 Å². The second kappa shape index (κ2) is 9.05. The molecule has 0 fully saturated rings. The first-order chi connectivity index (χ1) is 13.4. The molecule has 1 aliphatic carbocycles. The number of amides is 1. The number of hydrogen-bond donors (Lipinski definition) is 3. The molecule has 1 aromatic heterocycles. The fourth-order valence-electron chi connectivity index (χ4n) is 2.78. The summed E-state index contributed by atoms with van der Waals surface area (Å²) in [6.45, 7) is 3.93. The van der Waals surface area contributed by atoms with Crippen molar-refractivity contribution in [3.05, 3.63) is 48.0 Å². The zero-order chi connectivity index (χ0) is 20.1. The van der Waals surface area contributed by atoms with Gasteiger partial charge >= 0.3 is 6.09 Å². The Morgan fingerprint density at radius 3 is 2.82 bits per heavy atom. The quantitative estimate of drug-likeness (QED) is 0.610. The Morgan fingerprint density at radius 1 is 1.39 bits per heavy atom. The molecular weight excluding hydrogens is 379 g/mol. The highest BCUT2D eigenvalue weighted by molar-refractivity contribution is 7.80. The van der Waals surface area contributed by atoms with Crippen LogP contribution in [0.25, 0.3) is 5.57 Å². The molecule has 8 heteroatoms. The Morgan fingerprint density at radius 2 is 2.14 bits per heavy atom. The molecule has 1 aliphatic rings. The summed E-state index contributed by atoms with van der Waals surface area (Å²) in [4.78, 5) is 20.9. The van der Waals surface area contributed by atoms with Gasteiger partial charge in [-0.1, -0.05) is 6.92 Å². The van der Waals surface area contributed by atoms with Crippen molar-refractivity contribution in [2.45, 2.75) is 50.2 Å². The number of carbonyl (C=O) groups excluding carboxylic acids is 1. The zero-order valence-electron chi connectivity index (χ0n) is 15.8. The van der Waals surface area contributed by atoms with Crippen LogP contribution in [0.5, 0.6) is 0 Å². The minimum Gasteiger partial charge on any atom is -0.442 e. The fraction of sp³-hybridized carbons (Fsp3) is 0.350. The van der Waals surface area contributed by atoms with Crippen molar-refractivity contribution in [2.24, 2.45) is 0 Å². The van der Waals surface area contributed by atoms with Gasteiger partial charge < -0.3 is 15.4 Å². The number of benzene rings is 1. The summed E-state index contributed by atoms with van der Waals surface area (Å²) in [5, 5.41) is 5.64. The third kappa shape index (κ3) is 5.22. The number of anilines is 2. The molecule has 1 aromatic carbocycles. The van der Waals surface area contributed by atoms with E-state index in [-0.39, 0.29) is 17.8 Å². The van der Waals surface area contributed by atoms with Crippen LogP contribution in [0.3, 0.4) is 0 Å². The van der Waals surface area contributed by atoms with E-state index in [0.717, 1.165) is 30.4 Å². The van der Waals surface area contributed by atoms with E-state index >= 15 is 0 Å². The first-order valence-electron chi connectivity index (χ1n) is 9.20. The van der Waals surface area contributed by atoms with Gasteiger partial charge in [0.05, 0.1) is 5.69 Å². The Kier molecular flexibility index (Phi) is 6.51. The zero-order valence-corrected chi connectivity index (χ0v) is 16.7. The predicted octanol–water partition coefficient (Wildman–Crippen LogP) is 4.72. The van der Waals surface area contributed by atoms with Crippen molar-refractivity contribution in [1.29, 1.82) is 0 Å². The van der Waals surface area contributed by atoms with E-state index < -0.39 is 11.9 Å². The van der Waals surface area contributed by atoms with Crippen molar-refractivity contribution < 1.29 is 13.9 Å². The molecule has 148 valence electrons. The number of thiol groups is 1. The summed E-state index contributed by atoms with van der Waals surface area (Å²) in [5.41, 5.74) is 2.16. The summed E-state index contributed by atoms with van der Waals surface area (Å²) in [5.74, 6) is -0.122. The molecule has 0 aliphatic heterocycles. The maximum absolute atomic E-state index is 13.9. The van der Waals surface area contributed by atoms with E-state index in [0.29, 0.717) is 10.8 Å². The number of nitrogens with zero attached hydrogens (tertiary/aromatic N) is 2. The van der Waals surface area contributed by atoms with Crippen LogP contribution in [0.15, 0.2) is 41.6 Å². The largest absolute Gasteiger partial charge is 0.442 e. The Labute approximate surface area is 169 Å². The maximum atomic E-state index is 13.9. The molecule has 0 saturated heterocycles. The van der Waals surface area contributed by atoms with Gasteiger partial charge in [-0.05, 0) is 56.0 Å².